The molecular weight excluding hydrogens is 402 g/mol. The molecule has 1 aliphatic rings. The minimum Gasteiger partial charge on any atom is -0.404 e. The van der Waals surface area contributed by atoms with Gasteiger partial charge < -0.3 is 15.4 Å². The van der Waals surface area contributed by atoms with Crippen LogP contribution in [0.15, 0.2) is 30.3 Å². The van der Waals surface area contributed by atoms with Gasteiger partial charge in [0.1, 0.15) is 5.82 Å². The molecule has 1 fully saturated rings. The molecule has 0 radical (unpaired) electrons. The Kier molecular flexibility index (Phi) is 6.04. The molecule has 0 atom stereocenters. The van der Waals surface area contributed by atoms with Gasteiger partial charge in [0, 0.05) is 12.1 Å². The van der Waals surface area contributed by atoms with Gasteiger partial charge in [-0.25, -0.2) is 4.98 Å². The number of rotatable bonds is 5. The summed E-state index contributed by atoms with van der Waals surface area (Å²) in [5.74, 6) is -1.12. The van der Waals surface area contributed by atoms with Crippen molar-refractivity contribution >= 4 is 17.5 Å². The Morgan fingerprint density at radius 3 is 2.28 bits per heavy atom. The number of nitrogens with one attached hydrogen (secondary N) is 2. The molecular formula is C18H18F6N4O. The average Bonchev–Trinajstić information content (AvgIpc) is 2.62. The highest BCUT2D eigenvalue weighted by molar-refractivity contribution is 5.65. The van der Waals surface area contributed by atoms with Crippen LogP contribution in [-0.2, 0) is 6.18 Å². The number of alkyl halides is 6. The Morgan fingerprint density at radius 1 is 0.931 bits per heavy atom. The first-order chi connectivity index (χ1) is 13.6. The number of para-hydroxylation sites is 2. The SMILES string of the molecule is FC(F)(F)Oc1ccccc1Nc1cc(C(F)(F)F)nc(NC2CCCCC2)n1. The molecule has 1 saturated carbocycles. The van der Waals surface area contributed by atoms with Crippen LogP contribution >= 0.6 is 0 Å². The van der Waals surface area contributed by atoms with Crippen LogP contribution in [0.3, 0.4) is 0 Å². The van der Waals surface area contributed by atoms with Gasteiger partial charge in [0.15, 0.2) is 11.4 Å². The molecule has 158 valence electrons. The van der Waals surface area contributed by atoms with Gasteiger partial charge >= 0.3 is 12.5 Å². The standard InChI is InChI=1S/C18H18F6N4O/c19-17(20,21)14-10-15(28-16(27-14)25-11-6-2-1-3-7-11)26-12-8-4-5-9-13(12)29-18(22,23)24/h4-5,8-11H,1-3,6-7H2,(H2,25,26,27,28). The molecule has 29 heavy (non-hydrogen) atoms. The van der Waals surface area contributed by atoms with E-state index in [9.17, 15) is 26.3 Å². The maximum absolute atomic E-state index is 13.2. The number of anilines is 3. The van der Waals surface area contributed by atoms with Crippen molar-refractivity contribution in [2.24, 2.45) is 0 Å². The lowest BCUT2D eigenvalue weighted by Crippen LogP contribution is -2.24. The van der Waals surface area contributed by atoms with Crippen LogP contribution in [0, 0.1) is 0 Å². The molecule has 5 nitrogen and oxygen atoms in total. The van der Waals surface area contributed by atoms with E-state index in [1.807, 2.05) is 0 Å². The van der Waals surface area contributed by atoms with Crippen molar-refractivity contribution in [2.75, 3.05) is 10.6 Å². The van der Waals surface area contributed by atoms with Gasteiger partial charge in [-0.05, 0) is 25.0 Å². The van der Waals surface area contributed by atoms with Crippen molar-refractivity contribution in [2.45, 2.75) is 50.7 Å². The number of hydrogen-bond acceptors (Lipinski definition) is 5. The summed E-state index contributed by atoms with van der Waals surface area (Å²) in [5.41, 5.74) is -1.39. The van der Waals surface area contributed by atoms with E-state index in [2.05, 4.69) is 25.3 Å². The monoisotopic (exact) mass is 420 g/mol. The molecule has 0 unspecified atom stereocenters. The first-order valence-corrected chi connectivity index (χ1v) is 8.95. The molecule has 0 saturated heterocycles. The minimum atomic E-state index is -4.95. The summed E-state index contributed by atoms with van der Waals surface area (Å²) in [7, 11) is 0. The molecule has 0 aliphatic heterocycles. The first-order valence-electron chi connectivity index (χ1n) is 8.95. The van der Waals surface area contributed by atoms with E-state index in [1.54, 1.807) is 0 Å². The summed E-state index contributed by atoms with van der Waals surface area (Å²) >= 11 is 0. The van der Waals surface area contributed by atoms with Crippen LogP contribution in [0.5, 0.6) is 5.75 Å². The molecule has 3 rings (SSSR count). The van der Waals surface area contributed by atoms with Crippen molar-refractivity contribution in [1.82, 2.24) is 9.97 Å². The van der Waals surface area contributed by atoms with Gasteiger partial charge in [-0.2, -0.15) is 18.2 Å². The fraction of sp³-hybridized carbons (Fsp3) is 0.444. The van der Waals surface area contributed by atoms with Gasteiger partial charge in [0.05, 0.1) is 5.69 Å². The Morgan fingerprint density at radius 2 is 1.62 bits per heavy atom. The zero-order valence-electron chi connectivity index (χ0n) is 15.1. The van der Waals surface area contributed by atoms with E-state index in [0.717, 1.165) is 38.2 Å². The lowest BCUT2D eigenvalue weighted by atomic mass is 9.96. The van der Waals surface area contributed by atoms with E-state index < -0.39 is 24.0 Å². The Labute approximate surface area is 162 Å². The molecule has 1 aliphatic carbocycles. The van der Waals surface area contributed by atoms with Crippen molar-refractivity contribution in [3.05, 3.63) is 36.0 Å². The number of halogens is 6. The summed E-state index contributed by atoms with van der Waals surface area (Å²) in [5, 5.41) is 5.37. The van der Waals surface area contributed by atoms with Crippen molar-refractivity contribution in [1.29, 1.82) is 0 Å². The number of nitrogens with zero attached hydrogens (tertiary/aromatic N) is 2. The lowest BCUT2D eigenvalue weighted by molar-refractivity contribution is -0.274. The van der Waals surface area contributed by atoms with Crippen LogP contribution in [0.4, 0.5) is 43.8 Å². The van der Waals surface area contributed by atoms with Crippen molar-refractivity contribution in [3.8, 4) is 5.75 Å². The Bertz CT molecular complexity index is 834. The van der Waals surface area contributed by atoms with E-state index in [0.29, 0.717) is 6.07 Å². The molecule has 0 bridgehead atoms. The van der Waals surface area contributed by atoms with Gasteiger partial charge in [0.2, 0.25) is 5.95 Å². The molecule has 11 heteroatoms. The van der Waals surface area contributed by atoms with E-state index in [4.69, 9.17) is 0 Å². The summed E-state index contributed by atoms with van der Waals surface area (Å²) < 4.78 is 81.4. The van der Waals surface area contributed by atoms with Gasteiger partial charge in [-0.3, -0.25) is 0 Å². The fourth-order valence-corrected chi connectivity index (χ4v) is 3.07. The normalized spacial score (nSPS) is 15.8. The second-order valence-electron chi connectivity index (χ2n) is 6.61. The highest BCUT2D eigenvalue weighted by Gasteiger charge is 2.35. The summed E-state index contributed by atoms with van der Waals surface area (Å²) in [6.45, 7) is 0. The molecule has 1 aromatic carbocycles. The molecule has 0 spiro atoms. The molecule has 1 aromatic heterocycles. The Hall–Kier alpha value is -2.72. The third-order valence-electron chi connectivity index (χ3n) is 4.33. The van der Waals surface area contributed by atoms with E-state index in [-0.39, 0.29) is 23.5 Å². The highest BCUT2D eigenvalue weighted by atomic mass is 19.4. The smallest absolute Gasteiger partial charge is 0.404 e. The van der Waals surface area contributed by atoms with Crippen LogP contribution in [-0.4, -0.2) is 22.4 Å². The zero-order chi connectivity index (χ0) is 21.1. The first kappa shape index (κ1) is 21.0. The lowest BCUT2D eigenvalue weighted by Gasteiger charge is -2.23. The van der Waals surface area contributed by atoms with Crippen LogP contribution < -0.4 is 15.4 Å². The maximum Gasteiger partial charge on any atom is 0.573 e. The molecule has 1 heterocycles. The second kappa shape index (κ2) is 8.34. The predicted molar refractivity (Wildman–Crippen MR) is 93.9 cm³/mol. The maximum atomic E-state index is 13.2. The zero-order valence-corrected chi connectivity index (χ0v) is 15.1. The van der Waals surface area contributed by atoms with E-state index in [1.165, 1.54) is 18.2 Å². The van der Waals surface area contributed by atoms with Gasteiger partial charge in [-0.1, -0.05) is 31.4 Å². The third kappa shape index (κ3) is 6.13. The fourth-order valence-electron chi connectivity index (χ4n) is 3.07. The van der Waals surface area contributed by atoms with Crippen LogP contribution in [0.1, 0.15) is 37.8 Å². The number of aromatic nitrogens is 2. The van der Waals surface area contributed by atoms with Crippen molar-refractivity contribution < 1.29 is 31.1 Å². The quantitative estimate of drug-likeness (QED) is 0.592. The van der Waals surface area contributed by atoms with Gasteiger partial charge in [0.25, 0.3) is 0 Å². The summed E-state index contributed by atoms with van der Waals surface area (Å²) in [4.78, 5) is 7.53. The highest BCUT2D eigenvalue weighted by Crippen LogP contribution is 2.34. The molecule has 0 amide bonds. The molecule has 2 aromatic rings. The topological polar surface area (TPSA) is 59.1 Å². The predicted octanol–water partition coefficient (Wildman–Crippen LogP) is 5.88. The van der Waals surface area contributed by atoms with E-state index >= 15 is 0 Å². The molecule has 2 N–H and O–H groups in total. The number of benzene rings is 1. The van der Waals surface area contributed by atoms with Crippen LogP contribution in [0.2, 0.25) is 0 Å². The third-order valence-corrected chi connectivity index (χ3v) is 4.33. The number of hydrogen-bond donors (Lipinski definition) is 2. The largest absolute Gasteiger partial charge is 0.573 e. The minimum absolute atomic E-state index is 0.0547. The number of ether oxygens (including phenoxy) is 1. The van der Waals surface area contributed by atoms with Crippen molar-refractivity contribution in [3.63, 3.8) is 0 Å². The second-order valence-corrected chi connectivity index (χ2v) is 6.61. The average molecular weight is 420 g/mol. The van der Waals surface area contributed by atoms with Crippen LogP contribution in [0.25, 0.3) is 0 Å². The summed E-state index contributed by atoms with van der Waals surface area (Å²) in [6, 6.07) is 5.59. The van der Waals surface area contributed by atoms with Gasteiger partial charge in [-0.15, -0.1) is 13.2 Å². The Balaban J connectivity index is 1.89. The summed E-state index contributed by atoms with van der Waals surface area (Å²) in [6.07, 6.45) is -5.17.